The van der Waals surface area contributed by atoms with Gasteiger partial charge in [-0.15, -0.1) is 0 Å². The second kappa shape index (κ2) is 6.84. The first-order valence-corrected chi connectivity index (χ1v) is 8.81. The quantitative estimate of drug-likeness (QED) is 0.790. The number of likely N-dealkylation sites (N-methyl/N-ethyl adjacent to an activating group) is 1. The lowest BCUT2D eigenvalue weighted by molar-refractivity contribution is 0.329. The van der Waals surface area contributed by atoms with Crippen LogP contribution in [0.4, 0.5) is 5.13 Å². The minimum Gasteiger partial charge on any atom is -0.375 e. The summed E-state index contributed by atoms with van der Waals surface area (Å²) >= 11 is 1.00. The Hall–Kier alpha value is -0.700. The van der Waals surface area contributed by atoms with E-state index in [-0.39, 0.29) is 15.4 Å². The molecule has 0 aromatic carbocycles. The van der Waals surface area contributed by atoms with Crippen molar-refractivity contribution in [1.82, 2.24) is 14.6 Å². The van der Waals surface area contributed by atoms with E-state index in [0.717, 1.165) is 17.8 Å². The van der Waals surface area contributed by atoms with Crippen molar-refractivity contribution in [3.05, 3.63) is 5.69 Å². The monoisotopic (exact) mass is 320 g/mol. The van der Waals surface area contributed by atoms with Crippen LogP contribution in [0.1, 0.15) is 26.0 Å². The normalized spacial score (nSPS) is 14.2. The molecule has 0 saturated heterocycles. The average Bonchev–Trinajstić information content (AvgIpc) is 2.55. The minimum atomic E-state index is -3.56. The van der Waals surface area contributed by atoms with Gasteiger partial charge in [0, 0.05) is 12.6 Å². The first kappa shape index (κ1) is 17.4. The van der Waals surface area contributed by atoms with Crippen molar-refractivity contribution in [3.8, 4) is 0 Å². The summed E-state index contributed by atoms with van der Waals surface area (Å²) < 4.78 is 27.8. The molecule has 3 N–H and O–H groups in total. The molecule has 0 fully saturated rings. The summed E-state index contributed by atoms with van der Waals surface area (Å²) in [6.45, 7) is 6.47. The summed E-state index contributed by atoms with van der Waals surface area (Å²) in [7, 11) is 0.295. The number of nitrogens with one attached hydrogen (secondary N) is 1. The summed E-state index contributed by atoms with van der Waals surface area (Å²) in [6.07, 6.45) is 0.782. The Morgan fingerprint density at radius 3 is 2.40 bits per heavy atom. The van der Waals surface area contributed by atoms with E-state index < -0.39 is 10.0 Å². The number of nitrogens with zero attached hydrogens (tertiary/aromatic N) is 2. The topological polar surface area (TPSA) is 88.3 Å². The van der Waals surface area contributed by atoms with Gasteiger partial charge in [0.25, 0.3) is 10.0 Å². The van der Waals surface area contributed by atoms with Crippen LogP contribution in [0.25, 0.3) is 0 Å². The largest absolute Gasteiger partial charge is 0.375 e. The molecular weight excluding hydrogens is 296 g/mol. The molecule has 0 aliphatic heterocycles. The van der Waals surface area contributed by atoms with E-state index in [1.165, 1.54) is 0 Å². The first-order chi connectivity index (χ1) is 9.11. The Balaban J connectivity index is 2.93. The van der Waals surface area contributed by atoms with Crippen LogP contribution < -0.4 is 10.5 Å². The van der Waals surface area contributed by atoms with Gasteiger partial charge in [0.1, 0.15) is 0 Å². The van der Waals surface area contributed by atoms with Gasteiger partial charge in [-0.3, -0.25) is 0 Å². The second-order valence-corrected chi connectivity index (χ2v) is 8.57. The predicted molar refractivity (Wildman–Crippen MR) is 83.4 cm³/mol. The number of rotatable bonds is 7. The van der Waals surface area contributed by atoms with Crippen LogP contribution >= 0.6 is 11.3 Å². The molecule has 1 aromatic rings. The number of aryl methyl sites for hydroxylation is 1. The molecule has 0 amide bonds. The molecular formula is C12H24N4O2S2. The maximum atomic E-state index is 12.4. The van der Waals surface area contributed by atoms with Gasteiger partial charge in [-0.25, -0.2) is 18.1 Å². The third-order valence-electron chi connectivity index (χ3n) is 2.68. The predicted octanol–water partition coefficient (Wildman–Crippen LogP) is 1.29. The van der Waals surface area contributed by atoms with Crippen molar-refractivity contribution in [2.24, 2.45) is 5.92 Å². The summed E-state index contributed by atoms with van der Waals surface area (Å²) in [6, 6.07) is -0.127. The molecule has 20 heavy (non-hydrogen) atoms. The van der Waals surface area contributed by atoms with Crippen LogP contribution in [0.3, 0.4) is 0 Å². The van der Waals surface area contributed by atoms with Gasteiger partial charge < -0.3 is 10.6 Å². The van der Waals surface area contributed by atoms with Crippen LogP contribution in [-0.4, -0.2) is 45.0 Å². The molecule has 1 atom stereocenters. The van der Waals surface area contributed by atoms with Crippen LogP contribution in [0.5, 0.6) is 0 Å². The molecule has 0 bridgehead atoms. The van der Waals surface area contributed by atoms with Crippen molar-refractivity contribution in [2.75, 3.05) is 26.4 Å². The fourth-order valence-corrected chi connectivity index (χ4v) is 4.65. The maximum Gasteiger partial charge on any atom is 0.252 e. The molecule has 0 radical (unpaired) electrons. The Morgan fingerprint density at radius 1 is 1.40 bits per heavy atom. The average molecular weight is 320 g/mol. The summed E-state index contributed by atoms with van der Waals surface area (Å²) in [5, 5.41) is 0.274. The molecule has 0 aliphatic rings. The second-order valence-electron chi connectivity index (χ2n) is 5.63. The van der Waals surface area contributed by atoms with E-state index in [1.54, 1.807) is 6.92 Å². The molecule has 0 saturated carbocycles. The number of hydrogen-bond donors (Lipinski definition) is 2. The third-order valence-corrected chi connectivity index (χ3v) is 5.79. The molecule has 116 valence electrons. The molecule has 6 nitrogen and oxygen atoms in total. The van der Waals surface area contributed by atoms with E-state index in [0.29, 0.717) is 18.2 Å². The summed E-state index contributed by atoms with van der Waals surface area (Å²) in [4.78, 5) is 5.95. The lowest BCUT2D eigenvalue weighted by Crippen LogP contribution is -2.42. The highest BCUT2D eigenvalue weighted by Gasteiger charge is 2.25. The first-order valence-electron chi connectivity index (χ1n) is 6.51. The highest BCUT2D eigenvalue weighted by molar-refractivity contribution is 7.91. The lowest BCUT2D eigenvalue weighted by Gasteiger charge is -2.23. The number of nitrogen functional groups attached to an aromatic ring is 1. The van der Waals surface area contributed by atoms with Gasteiger partial charge in [0.05, 0.1) is 5.69 Å². The maximum absolute atomic E-state index is 12.4. The zero-order valence-electron chi connectivity index (χ0n) is 12.7. The van der Waals surface area contributed by atoms with Crippen molar-refractivity contribution in [3.63, 3.8) is 0 Å². The fourth-order valence-electron chi connectivity index (χ4n) is 2.09. The van der Waals surface area contributed by atoms with E-state index in [9.17, 15) is 8.42 Å². The van der Waals surface area contributed by atoms with E-state index in [4.69, 9.17) is 5.73 Å². The Kier molecular flexibility index (Phi) is 5.93. The van der Waals surface area contributed by atoms with Gasteiger partial charge in [-0.2, -0.15) is 0 Å². The molecule has 1 aromatic heterocycles. The smallest absolute Gasteiger partial charge is 0.252 e. The number of nitrogens with two attached hydrogens (primary N) is 1. The summed E-state index contributed by atoms with van der Waals surface area (Å²) in [5.41, 5.74) is 6.03. The van der Waals surface area contributed by atoms with Crippen molar-refractivity contribution in [2.45, 2.75) is 37.4 Å². The van der Waals surface area contributed by atoms with Crippen molar-refractivity contribution >= 4 is 26.5 Å². The van der Waals surface area contributed by atoms with E-state index in [1.807, 2.05) is 19.0 Å². The number of hydrogen-bond acceptors (Lipinski definition) is 6. The summed E-state index contributed by atoms with van der Waals surface area (Å²) in [5.74, 6) is 0.412. The number of thiazole rings is 1. The molecule has 8 heteroatoms. The van der Waals surface area contributed by atoms with Crippen LogP contribution in [0.2, 0.25) is 0 Å². The molecule has 1 rings (SSSR count). The Morgan fingerprint density at radius 2 is 2.00 bits per heavy atom. The molecule has 1 heterocycles. The molecule has 1 unspecified atom stereocenters. The molecule has 0 aliphatic carbocycles. The highest BCUT2D eigenvalue weighted by Crippen LogP contribution is 2.25. The van der Waals surface area contributed by atoms with Crippen LogP contribution in [0.15, 0.2) is 4.21 Å². The van der Waals surface area contributed by atoms with Crippen molar-refractivity contribution < 1.29 is 8.42 Å². The SMILES string of the molecule is Cc1nc(N)sc1S(=O)(=O)NC(CC(C)C)CN(C)C. The fraction of sp³-hybridized carbons (Fsp3) is 0.750. The number of sulfonamides is 1. The van der Waals surface area contributed by atoms with Gasteiger partial charge in [-0.1, -0.05) is 25.2 Å². The minimum absolute atomic E-state index is 0.127. The Bertz CT molecular complexity index is 528. The number of anilines is 1. The molecule has 0 spiro atoms. The van der Waals surface area contributed by atoms with Crippen molar-refractivity contribution in [1.29, 1.82) is 0 Å². The zero-order valence-corrected chi connectivity index (χ0v) is 14.3. The zero-order chi connectivity index (χ0) is 15.5. The van der Waals surface area contributed by atoms with Crippen LogP contribution in [-0.2, 0) is 10.0 Å². The van der Waals surface area contributed by atoms with Gasteiger partial charge in [0.15, 0.2) is 9.34 Å². The standard InChI is InChI=1S/C12H24N4O2S2/c1-8(2)6-10(7-16(4)5)15-20(17,18)11-9(3)14-12(13)19-11/h8,10,15H,6-7H2,1-5H3,(H2,13,14). The van der Waals surface area contributed by atoms with Gasteiger partial charge in [0.2, 0.25) is 0 Å². The third kappa shape index (κ3) is 5.01. The van der Waals surface area contributed by atoms with Crippen LogP contribution in [0, 0.1) is 12.8 Å². The highest BCUT2D eigenvalue weighted by atomic mass is 32.2. The van der Waals surface area contributed by atoms with Gasteiger partial charge >= 0.3 is 0 Å². The van der Waals surface area contributed by atoms with Gasteiger partial charge in [-0.05, 0) is 33.4 Å². The Labute approximate surface area is 125 Å². The number of aromatic nitrogens is 1. The van der Waals surface area contributed by atoms with E-state index in [2.05, 4.69) is 23.6 Å². The van der Waals surface area contributed by atoms with E-state index >= 15 is 0 Å². The lowest BCUT2D eigenvalue weighted by atomic mass is 10.0.